The molecule has 1 aromatic carbocycles. The van der Waals surface area contributed by atoms with Gasteiger partial charge in [0.15, 0.2) is 5.82 Å². The van der Waals surface area contributed by atoms with Crippen molar-refractivity contribution in [2.45, 2.75) is 20.0 Å². The lowest BCUT2D eigenvalue weighted by atomic mass is 10.1. The lowest BCUT2D eigenvalue weighted by molar-refractivity contribution is 0.181. The van der Waals surface area contributed by atoms with Crippen LogP contribution < -0.4 is 0 Å². The molecule has 1 aromatic heterocycles. The highest BCUT2D eigenvalue weighted by molar-refractivity contribution is 9.10. The third kappa shape index (κ3) is 3.32. The van der Waals surface area contributed by atoms with E-state index >= 15 is 0 Å². The smallest absolute Gasteiger partial charge is 0.161 e. The zero-order valence-corrected chi connectivity index (χ0v) is 13.1. The Bertz CT molecular complexity index is 572. The number of aryl methyl sites for hydroxylation is 1. The van der Waals surface area contributed by atoms with Gasteiger partial charge < -0.3 is 4.74 Å². The fraction of sp³-hybridized carbons (Fsp3) is 0.286. The summed E-state index contributed by atoms with van der Waals surface area (Å²) in [6.07, 6.45) is 1.01. The van der Waals surface area contributed by atoms with E-state index in [4.69, 9.17) is 16.3 Å². The van der Waals surface area contributed by atoms with Crippen LogP contribution in [0, 0.1) is 0 Å². The van der Waals surface area contributed by atoms with Crippen molar-refractivity contribution in [3.8, 4) is 11.4 Å². The predicted octanol–water partition coefficient (Wildman–Crippen LogP) is 4.27. The molecule has 5 heteroatoms. The van der Waals surface area contributed by atoms with Crippen LogP contribution in [0.3, 0.4) is 0 Å². The number of hydrogen-bond acceptors (Lipinski definition) is 3. The summed E-state index contributed by atoms with van der Waals surface area (Å²) in [6.45, 7) is 2.52. The summed E-state index contributed by atoms with van der Waals surface area (Å²) in [5, 5.41) is 0.400. The summed E-state index contributed by atoms with van der Waals surface area (Å²) in [5.74, 6) is 0.614. The highest BCUT2D eigenvalue weighted by Gasteiger charge is 2.11. The van der Waals surface area contributed by atoms with Gasteiger partial charge in [-0.3, -0.25) is 0 Å². The van der Waals surface area contributed by atoms with Crippen molar-refractivity contribution in [2.75, 3.05) is 7.11 Å². The van der Waals surface area contributed by atoms with Crippen molar-refractivity contribution in [2.24, 2.45) is 0 Å². The molecule has 1 heterocycles. The third-order valence-electron chi connectivity index (χ3n) is 2.78. The van der Waals surface area contributed by atoms with E-state index in [0.29, 0.717) is 22.1 Å². The first-order valence-corrected chi connectivity index (χ1v) is 7.13. The maximum Gasteiger partial charge on any atom is 0.161 e. The minimum Gasteiger partial charge on any atom is -0.378 e. The van der Waals surface area contributed by atoms with Crippen LogP contribution in [-0.2, 0) is 17.8 Å². The van der Waals surface area contributed by atoms with E-state index in [1.54, 1.807) is 7.11 Å². The van der Waals surface area contributed by atoms with Gasteiger partial charge in [-0.25, -0.2) is 9.97 Å². The average Bonchev–Trinajstić information content (AvgIpc) is 2.44. The Labute approximate surface area is 126 Å². The van der Waals surface area contributed by atoms with Gasteiger partial charge >= 0.3 is 0 Å². The van der Waals surface area contributed by atoms with E-state index in [-0.39, 0.29) is 0 Å². The number of halogens is 2. The van der Waals surface area contributed by atoms with Gasteiger partial charge in [-0.2, -0.15) is 0 Å². The molecule has 2 aromatic rings. The number of methoxy groups -OCH3 is 1. The van der Waals surface area contributed by atoms with Gasteiger partial charge in [-0.05, 0) is 27.9 Å². The first-order valence-electron chi connectivity index (χ1n) is 5.95. The normalized spacial score (nSPS) is 10.7. The molecule has 0 radical (unpaired) electrons. The molecule has 0 bridgehead atoms. The second kappa shape index (κ2) is 6.46. The second-order valence-corrected chi connectivity index (χ2v) is 5.23. The van der Waals surface area contributed by atoms with Gasteiger partial charge in [0.1, 0.15) is 5.15 Å². The number of hydrogen-bond donors (Lipinski definition) is 0. The number of rotatable bonds is 4. The number of ether oxygens (including phenoxy) is 1. The van der Waals surface area contributed by atoms with Crippen LogP contribution in [0.25, 0.3) is 11.4 Å². The number of benzene rings is 1. The lowest BCUT2D eigenvalue weighted by Crippen LogP contribution is -2.00. The quantitative estimate of drug-likeness (QED) is 0.779. The molecule has 0 aliphatic rings. The standard InChI is InChI=1S/C14H14BrClN2O/c1-3-9-4-6-10(7-5-9)14-17-11(8-19-2)12(15)13(16)18-14/h4-7H,3,8H2,1-2H3. The summed E-state index contributed by atoms with van der Waals surface area (Å²) in [7, 11) is 1.62. The van der Waals surface area contributed by atoms with Gasteiger partial charge in [0.05, 0.1) is 16.8 Å². The van der Waals surface area contributed by atoms with Crippen LogP contribution in [0.4, 0.5) is 0 Å². The third-order valence-corrected chi connectivity index (χ3v) is 4.12. The van der Waals surface area contributed by atoms with E-state index in [9.17, 15) is 0 Å². The molecule has 0 N–H and O–H groups in total. The molecule has 100 valence electrons. The molecular formula is C14H14BrClN2O. The maximum atomic E-state index is 6.11. The minimum absolute atomic E-state index is 0.392. The number of aromatic nitrogens is 2. The SMILES string of the molecule is CCc1ccc(-c2nc(Cl)c(Br)c(COC)n2)cc1. The van der Waals surface area contributed by atoms with Crippen molar-refractivity contribution in [3.05, 3.63) is 45.1 Å². The molecule has 19 heavy (non-hydrogen) atoms. The molecule has 0 aliphatic carbocycles. The summed E-state index contributed by atoms with van der Waals surface area (Å²) in [5.41, 5.74) is 2.98. The molecular weight excluding hydrogens is 328 g/mol. The molecule has 0 aliphatic heterocycles. The summed E-state index contributed by atoms with van der Waals surface area (Å²) in [4.78, 5) is 8.77. The average molecular weight is 342 g/mol. The first-order chi connectivity index (χ1) is 9.15. The highest BCUT2D eigenvalue weighted by Crippen LogP contribution is 2.27. The molecule has 0 unspecified atom stereocenters. The van der Waals surface area contributed by atoms with Gasteiger partial charge in [0.2, 0.25) is 0 Å². The Hall–Kier alpha value is -0.970. The zero-order chi connectivity index (χ0) is 13.8. The van der Waals surface area contributed by atoms with Crippen molar-refractivity contribution < 1.29 is 4.74 Å². The van der Waals surface area contributed by atoms with Crippen LogP contribution in [0.15, 0.2) is 28.7 Å². The fourth-order valence-electron chi connectivity index (χ4n) is 1.71. The van der Waals surface area contributed by atoms with E-state index < -0.39 is 0 Å². The molecule has 0 saturated carbocycles. The summed E-state index contributed by atoms with van der Waals surface area (Å²) in [6, 6.07) is 8.17. The van der Waals surface area contributed by atoms with Crippen molar-refractivity contribution >= 4 is 27.5 Å². The van der Waals surface area contributed by atoms with E-state index in [0.717, 1.165) is 17.7 Å². The maximum absolute atomic E-state index is 6.11. The Kier molecular flexibility index (Phi) is 4.91. The van der Waals surface area contributed by atoms with Crippen molar-refractivity contribution in [3.63, 3.8) is 0 Å². The van der Waals surface area contributed by atoms with E-state index in [1.807, 2.05) is 12.1 Å². The Morgan fingerprint density at radius 3 is 2.47 bits per heavy atom. The van der Waals surface area contributed by atoms with Gasteiger partial charge in [-0.15, -0.1) is 0 Å². The molecule has 2 rings (SSSR count). The largest absolute Gasteiger partial charge is 0.378 e. The topological polar surface area (TPSA) is 35.0 Å². The second-order valence-electron chi connectivity index (χ2n) is 4.08. The van der Waals surface area contributed by atoms with Gasteiger partial charge in [0.25, 0.3) is 0 Å². The predicted molar refractivity (Wildman–Crippen MR) is 80.3 cm³/mol. The van der Waals surface area contributed by atoms with Crippen molar-refractivity contribution in [1.29, 1.82) is 0 Å². The summed E-state index contributed by atoms with van der Waals surface area (Å²) >= 11 is 9.48. The monoisotopic (exact) mass is 340 g/mol. The molecule has 0 spiro atoms. The fourth-order valence-corrected chi connectivity index (χ4v) is 2.19. The molecule has 0 saturated heterocycles. The highest BCUT2D eigenvalue weighted by atomic mass is 79.9. The Balaban J connectivity index is 2.43. The molecule has 0 fully saturated rings. The van der Waals surface area contributed by atoms with Crippen LogP contribution in [-0.4, -0.2) is 17.1 Å². The lowest BCUT2D eigenvalue weighted by Gasteiger charge is -2.08. The Morgan fingerprint density at radius 2 is 1.89 bits per heavy atom. The van der Waals surface area contributed by atoms with Gasteiger partial charge in [-0.1, -0.05) is 42.8 Å². The van der Waals surface area contributed by atoms with E-state index in [1.165, 1.54) is 5.56 Å². The Morgan fingerprint density at radius 1 is 1.21 bits per heavy atom. The van der Waals surface area contributed by atoms with Crippen molar-refractivity contribution in [1.82, 2.24) is 9.97 Å². The van der Waals surface area contributed by atoms with Gasteiger partial charge in [0, 0.05) is 12.7 Å². The molecule has 0 amide bonds. The van der Waals surface area contributed by atoms with Crippen LogP contribution in [0.1, 0.15) is 18.2 Å². The van der Waals surface area contributed by atoms with Crippen LogP contribution in [0.2, 0.25) is 5.15 Å². The number of nitrogens with zero attached hydrogens (tertiary/aromatic N) is 2. The molecule has 0 atom stereocenters. The van der Waals surface area contributed by atoms with Crippen LogP contribution in [0.5, 0.6) is 0 Å². The minimum atomic E-state index is 0.392. The van der Waals surface area contributed by atoms with Crippen LogP contribution >= 0.6 is 27.5 Å². The molecule has 3 nitrogen and oxygen atoms in total. The zero-order valence-electron chi connectivity index (χ0n) is 10.8. The van der Waals surface area contributed by atoms with E-state index in [2.05, 4.69) is 45.0 Å². The summed E-state index contributed by atoms with van der Waals surface area (Å²) < 4.78 is 5.80. The first kappa shape index (κ1) is 14.4.